The molecule has 4 nitrogen and oxygen atoms in total. The summed E-state index contributed by atoms with van der Waals surface area (Å²) >= 11 is 0. The van der Waals surface area contributed by atoms with Crippen LogP contribution in [0, 0.1) is 5.92 Å². The Hall–Kier alpha value is -2.10. The van der Waals surface area contributed by atoms with Gasteiger partial charge in [-0.3, -0.25) is 9.78 Å². The van der Waals surface area contributed by atoms with Crippen LogP contribution in [0.4, 0.5) is 0 Å². The number of rotatable bonds is 6. The molecule has 1 aliphatic rings. The maximum absolute atomic E-state index is 12.0. The first-order valence-electron chi connectivity index (χ1n) is 8.57. The number of aromatic nitrogens is 1. The fourth-order valence-corrected chi connectivity index (χ4v) is 3.20. The minimum atomic E-state index is 0.144. The van der Waals surface area contributed by atoms with E-state index in [1.807, 2.05) is 24.3 Å². The quantitative estimate of drug-likeness (QED) is 0.864. The van der Waals surface area contributed by atoms with E-state index in [9.17, 15) is 4.79 Å². The lowest BCUT2D eigenvalue weighted by atomic mass is 9.86. The molecule has 0 saturated heterocycles. The summed E-state index contributed by atoms with van der Waals surface area (Å²) in [6.45, 7) is 0.537. The van der Waals surface area contributed by atoms with Crippen molar-refractivity contribution in [3.8, 4) is 11.5 Å². The van der Waals surface area contributed by atoms with Gasteiger partial charge in [0, 0.05) is 19.2 Å². The van der Waals surface area contributed by atoms with Gasteiger partial charge in [-0.2, -0.15) is 0 Å². The lowest BCUT2D eigenvalue weighted by Gasteiger charge is -2.20. The number of hydrogen-bond acceptors (Lipinski definition) is 3. The third-order valence-corrected chi connectivity index (χ3v) is 4.59. The smallest absolute Gasteiger partial charge is 0.220 e. The van der Waals surface area contributed by atoms with E-state index in [4.69, 9.17) is 4.42 Å². The summed E-state index contributed by atoms with van der Waals surface area (Å²) in [6.07, 6.45) is 11.7. The summed E-state index contributed by atoms with van der Waals surface area (Å²) in [5.74, 6) is 1.66. The monoisotopic (exact) mass is 312 g/mol. The summed E-state index contributed by atoms with van der Waals surface area (Å²) < 4.78 is 5.31. The highest BCUT2D eigenvalue weighted by atomic mass is 16.3. The van der Waals surface area contributed by atoms with Crippen molar-refractivity contribution in [1.29, 1.82) is 0 Å². The number of amides is 1. The van der Waals surface area contributed by atoms with E-state index >= 15 is 0 Å². The fourth-order valence-electron chi connectivity index (χ4n) is 3.20. The molecule has 0 unspecified atom stereocenters. The van der Waals surface area contributed by atoms with Crippen LogP contribution in [0.2, 0.25) is 0 Å². The van der Waals surface area contributed by atoms with Gasteiger partial charge >= 0.3 is 0 Å². The summed E-state index contributed by atoms with van der Waals surface area (Å²) in [5, 5.41) is 2.99. The van der Waals surface area contributed by atoms with Crippen LogP contribution in [0.15, 0.2) is 41.1 Å². The fraction of sp³-hybridized carbons (Fsp3) is 0.474. The molecule has 1 N–H and O–H groups in total. The zero-order valence-corrected chi connectivity index (χ0v) is 13.5. The van der Waals surface area contributed by atoms with Crippen molar-refractivity contribution in [3.05, 3.63) is 42.3 Å². The predicted octanol–water partition coefficient (Wildman–Crippen LogP) is 4.32. The molecule has 1 saturated carbocycles. The van der Waals surface area contributed by atoms with Gasteiger partial charge in [-0.15, -0.1) is 0 Å². The van der Waals surface area contributed by atoms with Gasteiger partial charge in [0.25, 0.3) is 0 Å². The number of hydrogen-bond donors (Lipinski definition) is 1. The van der Waals surface area contributed by atoms with E-state index in [1.165, 1.54) is 32.1 Å². The largest absolute Gasteiger partial charge is 0.463 e. The van der Waals surface area contributed by atoms with E-state index in [-0.39, 0.29) is 5.91 Å². The summed E-state index contributed by atoms with van der Waals surface area (Å²) in [7, 11) is 0. The average Bonchev–Trinajstić information content (AvgIpc) is 3.14. The number of carbonyl (C=O) groups is 1. The third kappa shape index (κ3) is 4.68. The molecule has 23 heavy (non-hydrogen) atoms. The first-order valence-corrected chi connectivity index (χ1v) is 8.57. The Morgan fingerprint density at radius 3 is 2.78 bits per heavy atom. The Labute approximate surface area is 137 Å². The van der Waals surface area contributed by atoms with Gasteiger partial charge in [0.05, 0.1) is 6.26 Å². The molecule has 1 fully saturated rings. The van der Waals surface area contributed by atoms with Gasteiger partial charge in [0.2, 0.25) is 5.91 Å². The van der Waals surface area contributed by atoms with Crippen LogP contribution < -0.4 is 5.32 Å². The van der Waals surface area contributed by atoms with E-state index in [0.717, 1.165) is 29.4 Å². The minimum Gasteiger partial charge on any atom is -0.463 e. The topological polar surface area (TPSA) is 55.1 Å². The van der Waals surface area contributed by atoms with E-state index in [0.29, 0.717) is 13.0 Å². The van der Waals surface area contributed by atoms with Crippen LogP contribution in [0.1, 0.15) is 50.5 Å². The van der Waals surface area contributed by atoms with Crippen LogP contribution >= 0.6 is 0 Å². The maximum Gasteiger partial charge on any atom is 0.220 e. The average molecular weight is 312 g/mol. The first kappa shape index (κ1) is 15.8. The number of nitrogens with one attached hydrogen (secondary N) is 1. The second-order valence-corrected chi connectivity index (χ2v) is 6.35. The van der Waals surface area contributed by atoms with Gasteiger partial charge in [0.1, 0.15) is 5.69 Å². The van der Waals surface area contributed by atoms with E-state index in [2.05, 4.69) is 10.3 Å². The molecule has 0 atom stereocenters. The second-order valence-electron chi connectivity index (χ2n) is 6.35. The molecule has 4 heteroatoms. The zero-order valence-electron chi connectivity index (χ0n) is 13.5. The Kier molecular flexibility index (Phi) is 5.46. The zero-order chi connectivity index (χ0) is 15.9. The van der Waals surface area contributed by atoms with E-state index in [1.54, 1.807) is 12.5 Å². The van der Waals surface area contributed by atoms with Gasteiger partial charge in [0.15, 0.2) is 5.76 Å². The van der Waals surface area contributed by atoms with Crippen molar-refractivity contribution < 1.29 is 9.21 Å². The second kappa shape index (κ2) is 7.95. The summed E-state index contributed by atoms with van der Waals surface area (Å²) in [5.41, 5.74) is 1.81. The van der Waals surface area contributed by atoms with Crippen molar-refractivity contribution in [1.82, 2.24) is 10.3 Å². The van der Waals surface area contributed by atoms with Crippen LogP contribution in [0.5, 0.6) is 0 Å². The van der Waals surface area contributed by atoms with Crippen molar-refractivity contribution in [2.75, 3.05) is 0 Å². The summed E-state index contributed by atoms with van der Waals surface area (Å²) in [6, 6.07) is 7.63. The van der Waals surface area contributed by atoms with Crippen molar-refractivity contribution in [2.24, 2.45) is 5.92 Å². The Bertz CT molecular complexity index is 599. The Balaban J connectivity index is 1.41. The van der Waals surface area contributed by atoms with Crippen molar-refractivity contribution in [3.63, 3.8) is 0 Å². The van der Waals surface area contributed by atoms with Crippen molar-refractivity contribution >= 4 is 5.91 Å². The van der Waals surface area contributed by atoms with Crippen LogP contribution in [0.25, 0.3) is 11.5 Å². The lowest BCUT2D eigenvalue weighted by molar-refractivity contribution is -0.121. The molecule has 0 radical (unpaired) electrons. The molecule has 3 rings (SSSR count). The molecule has 122 valence electrons. The van der Waals surface area contributed by atoms with E-state index < -0.39 is 0 Å². The highest BCUT2D eigenvalue weighted by Gasteiger charge is 2.14. The highest BCUT2D eigenvalue weighted by molar-refractivity contribution is 5.75. The van der Waals surface area contributed by atoms with Crippen LogP contribution in [0.3, 0.4) is 0 Å². The number of pyridine rings is 1. The number of carbonyl (C=O) groups excluding carboxylic acids is 1. The molecular weight excluding hydrogens is 288 g/mol. The molecule has 2 heterocycles. The maximum atomic E-state index is 12.0. The van der Waals surface area contributed by atoms with Gasteiger partial charge in [-0.1, -0.05) is 38.2 Å². The van der Waals surface area contributed by atoms with Crippen LogP contribution in [-0.2, 0) is 11.3 Å². The third-order valence-electron chi connectivity index (χ3n) is 4.59. The predicted molar refractivity (Wildman–Crippen MR) is 89.6 cm³/mol. The van der Waals surface area contributed by atoms with Gasteiger partial charge in [-0.05, 0) is 36.1 Å². The molecule has 0 spiro atoms. The normalized spacial score (nSPS) is 15.5. The lowest BCUT2D eigenvalue weighted by Crippen LogP contribution is -2.23. The van der Waals surface area contributed by atoms with Crippen LogP contribution in [-0.4, -0.2) is 10.9 Å². The molecule has 0 aliphatic heterocycles. The molecule has 0 aromatic carbocycles. The number of nitrogens with zero attached hydrogens (tertiary/aromatic N) is 1. The molecule has 1 amide bonds. The molecule has 1 aliphatic carbocycles. The molecular formula is C19H24N2O2. The van der Waals surface area contributed by atoms with Crippen molar-refractivity contribution in [2.45, 2.75) is 51.5 Å². The van der Waals surface area contributed by atoms with Gasteiger partial charge < -0.3 is 9.73 Å². The molecule has 2 aromatic heterocycles. The Morgan fingerprint density at radius 1 is 1.22 bits per heavy atom. The number of furan rings is 1. The SMILES string of the molecule is O=C(CCC1CCCCC1)NCc1ccc(-c2ccco2)nc1. The molecule has 0 bridgehead atoms. The Morgan fingerprint density at radius 2 is 2.09 bits per heavy atom. The summed E-state index contributed by atoms with van der Waals surface area (Å²) in [4.78, 5) is 16.3. The minimum absolute atomic E-state index is 0.144. The standard InChI is InChI=1S/C19H24N2O2/c22-19(11-9-15-5-2-1-3-6-15)21-14-16-8-10-17(20-13-16)18-7-4-12-23-18/h4,7-8,10,12-13,15H,1-3,5-6,9,11,14H2,(H,21,22). The first-order chi connectivity index (χ1) is 11.3. The highest BCUT2D eigenvalue weighted by Crippen LogP contribution is 2.27. The van der Waals surface area contributed by atoms with Gasteiger partial charge in [-0.25, -0.2) is 0 Å². The molecule has 2 aromatic rings.